The monoisotopic (exact) mass is 292 g/mol. The van der Waals surface area contributed by atoms with Gasteiger partial charge in [-0.3, -0.25) is 0 Å². The summed E-state index contributed by atoms with van der Waals surface area (Å²) < 4.78 is 0. The van der Waals surface area contributed by atoms with Crippen LogP contribution in [0.15, 0.2) is 24.3 Å². The molecule has 0 bridgehead atoms. The molecule has 5 heteroatoms. The highest BCUT2D eigenvalue weighted by atomic mass is 16.3. The molecule has 1 unspecified atom stereocenters. The van der Waals surface area contributed by atoms with Gasteiger partial charge in [0.15, 0.2) is 0 Å². The zero-order chi connectivity index (χ0) is 15.3. The number of aromatic hydroxyl groups is 1. The highest BCUT2D eigenvalue weighted by Gasteiger charge is 2.34. The largest absolute Gasteiger partial charge is 0.508 e. The first-order chi connectivity index (χ1) is 9.97. The van der Waals surface area contributed by atoms with Gasteiger partial charge in [0.25, 0.3) is 0 Å². The average molecular weight is 292 g/mol. The number of amides is 2. The Labute approximate surface area is 125 Å². The van der Waals surface area contributed by atoms with Crippen molar-refractivity contribution in [3.8, 4) is 5.75 Å². The van der Waals surface area contributed by atoms with Crippen LogP contribution in [0.2, 0.25) is 0 Å². The van der Waals surface area contributed by atoms with Crippen LogP contribution in [0.1, 0.15) is 38.2 Å². The molecular weight excluding hydrogens is 268 g/mol. The van der Waals surface area contributed by atoms with Crippen molar-refractivity contribution in [3.63, 3.8) is 0 Å². The van der Waals surface area contributed by atoms with Gasteiger partial charge in [-0.2, -0.15) is 0 Å². The molecule has 0 aliphatic heterocycles. The number of rotatable bonds is 6. The van der Waals surface area contributed by atoms with E-state index >= 15 is 0 Å². The van der Waals surface area contributed by atoms with Gasteiger partial charge in [-0.1, -0.05) is 12.1 Å². The van der Waals surface area contributed by atoms with E-state index in [1.54, 1.807) is 12.1 Å². The van der Waals surface area contributed by atoms with Crippen LogP contribution in [0.4, 0.5) is 4.79 Å². The summed E-state index contributed by atoms with van der Waals surface area (Å²) in [6, 6.07) is 6.92. The molecule has 0 radical (unpaired) electrons. The van der Waals surface area contributed by atoms with Gasteiger partial charge in [0.05, 0.1) is 5.60 Å². The first-order valence-electron chi connectivity index (χ1n) is 7.51. The van der Waals surface area contributed by atoms with E-state index in [0.717, 1.165) is 37.7 Å². The third kappa shape index (κ3) is 4.93. The predicted octanol–water partition coefficient (Wildman–Crippen LogP) is 1.93. The molecule has 1 aliphatic rings. The minimum Gasteiger partial charge on any atom is -0.508 e. The maximum absolute atomic E-state index is 11.7. The van der Waals surface area contributed by atoms with Gasteiger partial charge in [0, 0.05) is 12.6 Å². The van der Waals surface area contributed by atoms with Crippen LogP contribution >= 0.6 is 0 Å². The minimum atomic E-state index is -0.688. The molecule has 1 atom stereocenters. The minimum absolute atomic E-state index is 0.0508. The Balaban J connectivity index is 1.65. The quantitative estimate of drug-likeness (QED) is 0.646. The molecule has 1 aromatic rings. The van der Waals surface area contributed by atoms with Crippen molar-refractivity contribution < 1.29 is 15.0 Å². The second-order valence-electron chi connectivity index (χ2n) is 6.01. The molecule has 5 nitrogen and oxygen atoms in total. The number of phenolic OH excluding ortho intramolecular Hbond substituents is 1. The maximum Gasteiger partial charge on any atom is 0.315 e. The van der Waals surface area contributed by atoms with Crippen LogP contribution in [0.5, 0.6) is 5.75 Å². The van der Waals surface area contributed by atoms with Crippen molar-refractivity contribution in [1.29, 1.82) is 0 Å². The number of carbonyl (C=O) groups excluding carboxylic acids is 1. The molecule has 2 rings (SSSR count). The zero-order valence-corrected chi connectivity index (χ0v) is 12.4. The number of phenols is 1. The molecule has 21 heavy (non-hydrogen) atoms. The number of hydrogen-bond donors (Lipinski definition) is 4. The molecular formula is C16H24N2O3. The van der Waals surface area contributed by atoms with Crippen LogP contribution in [0.25, 0.3) is 0 Å². The van der Waals surface area contributed by atoms with E-state index in [1.807, 2.05) is 19.1 Å². The Bertz CT molecular complexity index is 469. The summed E-state index contributed by atoms with van der Waals surface area (Å²) in [5, 5.41) is 24.7. The van der Waals surface area contributed by atoms with Gasteiger partial charge in [-0.05, 0) is 56.7 Å². The Morgan fingerprint density at radius 1 is 1.33 bits per heavy atom. The van der Waals surface area contributed by atoms with E-state index in [0.29, 0.717) is 6.54 Å². The van der Waals surface area contributed by atoms with Gasteiger partial charge >= 0.3 is 6.03 Å². The SMILES string of the molecule is CC(CCc1ccc(O)cc1)NC(=O)NCC1(O)CCC1. The Morgan fingerprint density at radius 2 is 2.00 bits per heavy atom. The van der Waals surface area contributed by atoms with E-state index < -0.39 is 5.60 Å². The van der Waals surface area contributed by atoms with Crippen LogP contribution in [-0.2, 0) is 6.42 Å². The fraction of sp³-hybridized carbons (Fsp3) is 0.562. The van der Waals surface area contributed by atoms with Crippen molar-refractivity contribution in [2.75, 3.05) is 6.54 Å². The maximum atomic E-state index is 11.7. The lowest BCUT2D eigenvalue weighted by Crippen LogP contribution is -2.51. The fourth-order valence-electron chi connectivity index (χ4n) is 2.40. The van der Waals surface area contributed by atoms with E-state index in [4.69, 9.17) is 0 Å². The molecule has 0 aromatic heterocycles. The standard InChI is InChI=1S/C16H24N2O3/c1-12(3-4-13-5-7-14(19)8-6-13)18-15(20)17-11-16(21)9-2-10-16/h5-8,12,19,21H,2-4,9-11H2,1H3,(H2,17,18,20). The second-order valence-corrected chi connectivity index (χ2v) is 6.01. The average Bonchev–Trinajstić information content (AvgIpc) is 2.42. The molecule has 1 aromatic carbocycles. The van der Waals surface area contributed by atoms with Gasteiger partial charge in [0.2, 0.25) is 0 Å². The summed E-state index contributed by atoms with van der Waals surface area (Å²) in [5.41, 5.74) is 0.442. The van der Waals surface area contributed by atoms with Crippen LogP contribution in [0, 0.1) is 0 Å². The summed E-state index contributed by atoms with van der Waals surface area (Å²) >= 11 is 0. The van der Waals surface area contributed by atoms with Gasteiger partial charge in [0.1, 0.15) is 5.75 Å². The molecule has 0 heterocycles. The molecule has 1 fully saturated rings. The number of benzene rings is 1. The first-order valence-corrected chi connectivity index (χ1v) is 7.51. The third-order valence-electron chi connectivity index (χ3n) is 4.04. The molecule has 0 saturated heterocycles. The van der Waals surface area contributed by atoms with Crippen molar-refractivity contribution in [2.24, 2.45) is 0 Å². The smallest absolute Gasteiger partial charge is 0.315 e. The number of aliphatic hydroxyl groups is 1. The lowest BCUT2D eigenvalue weighted by Gasteiger charge is -2.36. The summed E-state index contributed by atoms with van der Waals surface area (Å²) in [4.78, 5) is 11.7. The van der Waals surface area contributed by atoms with Crippen molar-refractivity contribution in [2.45, 2.75) is 50.7 Å². The summed E-state index contributed by atoms with van der Waals surface area (Å²) in [6.45, 7) is 2.28. The lowest BCUT2D eigenvalue weighted by molar-refractivity contribution is -0.0290. The Morgan fingerprint density at radius 3 is 2.57 bits per heavy atom. The van der Waals surface area contributed by atoms with E-state index in [1.165, 1.54) is 0 Å². The van der Waals surface area contributed by atoms with Crippen molar-refractivity contribution in [1.82, 2.24) is 10.6 Å². The fourth-order valence-corrected chi connectivity index (χ4v) is 2.40. The Kier molecular flexibility index (Phi) is 5.07. The van der Waals surface area contributed by atoms with Gasteiger partial charge in [-0.25, -0.2) is 4.79 Å². The number of aryl methyl sites for hydroxylation is 1. The van der Waals surface area contributed by atoms with E-state index in [-0.39, 0.29) is 17.8 Å². The van der Waals surface area contributed by atoms with E-state index in [9.17, 15) is 15.0 Å². The third-order valence-corrected chi connectivity index (χ3v) is 4.04. The zero-order valence-electron chi connectivity index (χ0n) is 12.4. The van der Waals surface area contributed by atoms with Crippen LogP contribution < -0.4 is 10.6 Å². The van der Waals surface area contributed by atoms with Crippen molar-refractivity contribution in [3.05, 3.63) is 29.8 Å². The molecule has 2 amide bonds. The lowest BCUT2D eigenvalue weighted by atomic mass is 9.80. The first kappa shape index (κ1) is 15.6. The predicted molar refractivity (Wildman–Crippen MR) is 81.2 cm³/mol. The van der Waals surface area contributed by atoms with E-state index in [2.05, 4.69) is 10.6 Å². The highest BCUT2D eigenvalue weighted by Crippen LogP contribution is 2.30. The topological polar surface area (TPSA) is 81.6 Å². The normalized spacial score (nSPS) is 17.6. The molecule has 1 saturated carbocycles. The Hall–Kier alpha value is -1.75. The number of hydrogen-bond acceptors (Lipinski definition) is 3. The highest BCUT2D eigenvalue weighted by molar-refractivity contribution is 5.74. The van der Waals surface area contributed by atoms with Gasteiger partial charge < -0.3 is 20.8 Å². The summed E-state index contributed by atoms with van der Waals surface area (Å²) in [6.07, 6.45) is 4.23. The summed E-state index contributed by atoms with van der Waals surface area (Å²) in [5.74, 6) is 0.262. The number of urea groups is 1. The van der Waals surface area contributed by atoms with Gasteiger partial charge in [-0.15, -0.1) is 0 Å². The molecule has 116 valence electrons. The number of nitrogens with one attached hydrogen (secondary N) is 2. The number of carbonyl (C=O) groups is 1. The summed E-state index contributed by atoms with van der Waals surface area (Å²) in [7, 11) is 0. The molecule has 1 aliphatic carbocycles. The second kappa shape index (κ2) is 6.80. The van der Waals surface area contributed by atoms with Crippen LogP contribution in [-0.4, -0.2) is 34.4 Å². The molecule has 0 spiro atoms. The van der Waals surface area contributed by atoms with Crippen LogP contribution in [0.3, 0.4) is 0 Å². The van der Waals surface area contributed by atoms with Crippen molar-refractivity contribution >= 4 is 6.03 Å². The molecule has 4 N–H and O–H groups in total.